The quantitative estimate of drug-likeness (QED) is 0.710. The molecule has 3 aromatic rings. The molecule has 1 aliphatic rings. The molecule has 0 fully saturated rings. The highest BCUT2D eigenvalue weighted by molar-refractivity contribution is 5.65. The maximum Gasteiger partial charge on any atom is 0.231 e. The molecule has 1 aromatic carbocycles. The summed E-state index contributed by atoms with van der Waals surface area (Å²) in [6, 6.07) is 9.47. The van der Waals surface area contributed by atoms with Crippen molar-refractivity contribution in [1.29, 1.82) is 0 Å². The van der Waals surface area contributed by atoms with Crippen molar-refractivity contribution in [3.8, 4) is 28.6 Å². The molecule has 0 aliphatic carbocycles. The number of aromatic nitrogens is 4. The van der Waals surface area contributed by atoms with Crippen LogP contribution >= 0.6 is 0 Å². The predicted octanol–water partition coefficient (Wildman–Crippen LogP) is 2.06. The van der Waals surface area contributed by atoms with E-state index in [0.29, 0.717) is 0 Å². The summed E-state index contributed by atoms with van der Waals surface area (Å²) in [5.74, 6) is 2.22. The SMILES string of the molecule is c1cnn(-c2cc(-c3ccc4c(c3)OCO4)ncn2)c1. The van der Waals surface area contributed by atoms with Crippen LogP contribution in [0.15, 0.2) is 49.1 Å². The Labute approximate surface area is 114 Å². The summed E-state index contributed by atoms with van der Waals surface area (Å²) in [4.78, 5) is 8.51. The van der Waals surface area contributed by atoms with Crippen LogP contribution < -0.4 is 9.47 Å². The van der Waals surface area contributed by atoms with Crippen molar-refractivity contribution in [2.45, 2.75) is 0 Å². The van der Waals surface area contributed by atoms with Crippen LogP contribution in [-0.2, 0) is 0 Å². The Morgan fingerprint density at radius 3 is 2.90 bits per heavy atom. The first-order valence-corrected chi connectivity index (χ1v) is 6.12. The van der Waals surface area contributed by atoms with E-state index in [-0.39, 0.29) is 6.79 Å². The van der Waals surface area contributed by atoms with Gasteiger partial charge in [-0.2, -0.15) is 5.10 Å². The van der Waals surface area contributed by atoms with Gasteiger partial charge in [-0.1, -0.05) is 0 Å². The first-order chi connectivity index (χ1) is 9.90. The number of fused-ring (bicyclic) bond motifs is 1. The van der Waals surface area contributed by atoms with Gasteiger partial charge in [0.05, 0.1) is 5.69 Å². The van der Waals surface area contributed by atoms with Gasteiger partial charge in [-0.05, 0) is 24.3 Å². The molecule has 3 heterocycles. The average molecular weight is 266 g/mol. The van der Waals surface area contributed by atoms with Crippen LogP contribution in [0.2, 0.25) is 0 Å². The van der Waals surface area contributed by atoms with Crippen molar-refractivity contribution in [2.75, 3.05) is 6.79 Å². The summed E-state index contributed by atoms with van der Waals surface area (Å²) in [6.07, 6.45) is 5.07. The molecule has 0 amide bonds. The minimum absolute atomic E-state index is 0.265. The van der Waals surface area contributed by atoms with Gasteiger partial charge in [-0.25, -0.2) is 14.6 Å². The first kappa shape index (κ1) is 11.0. The lowest BCUT2D eigenvalue weighted by Crippen LogP contribution is -1.99. The maximum absolute atomic E-state index is 5.38. The van der Waals surface area contributed by atoms with Crippen LogP contribution in [0.3, 0.4) is 0 Å². The Hall–Kier alpha value is -2.89. The smallest absolute Gasteiger partial charge is 0.231 e. The van der Waals surface area contributed by atoms with Gasteiger partial charge in [-0.15, -0.1) is 0 Å². The summed E-state index contributed by atoms with van der Waals surface area (Å²) < 4.78 is 12.4. The zero-order valence-corrected chi connectivity index (χ0v) is 10.4. The van der Waals surface area contributed by atoms with Crippen molar-refractivity contribution in [3.63, 3.8) is 0 Å². The molecular weight excluding hydrogens is 256 g/mol. The largest absolute Gasteiger partial charge is 0.454 e. The molecule has 0 spiro atoms. The average Bonchev–Trinajstić information content (AvgIpc) is 3.18. The van der Waals surface area contributed by atoms with Crippen LogP contribution in [0.4, 0.5) is 0 Å². The van der Waals surface area contributed by atoms with E-state index >= 15 is 0 Å². The molecule has 0 unspecified atom stereocenters. The van der Waals surface area contributed by atoms with Crippen molar-refractivity contribution < 1.29 is 9.47 Å². The zero-order chi connectivity index (χ0) is 13.4. The Bertz CT molecular complexity index is 756. The zero-order valence-electron chi connectivity index (χ0n) is 10.4. The Morgan fingerprint density at radius 1 is 1.05 bits per heavy atom. The second-order valence-electron chi connectivity index (χ2n) is 4.28. The van der Waals surface area contributed by atoms with Gasteiger partial charge >= 0.3 is 0 Å². The van der Waals surface area contributed by atoms with Crippen LogP contribution in [0.25, 0.3) is 17.1 Å². The molecule has 2 aromatic heterocycles. The molecule has 0 saturated heterocycles. The molecule has 20 heavy (non-hydrogen) atoms. The number of benzene rings is 1. The number of hydrogen-bond donors (Lipinski definition) is 0. The summed E-state index contributed by atoms with van der Waals surface area (Å²) in [5.41, 5.74) is 1.76. The standard InChI is InChI=1S/C14H10N4O2/c1-4-17-18(5-1)14-7-11(15-8-16-14)10-2-3-12-13(6-10)20-9-19-12/h1-8H,9H2. The van der Waals surface area contributed by atoms with Crippen molar-refractivity contribution in [1.82, 2.24) is 19.7 Å². The second kappa shape index (κ2) is 4.34. The Kier molecular flexibility index (Phi) is 2.38. The topological polar surface area (TPSA) is 62.1 Å². The molecule has 98 valence electrons. The molecule has 6 heteroatoms. The third-order valence-corrected chi connectivity index (χ3v) is 3.06. The summed E-state index contributed by atoms with van der Waals surface area (Å²) in [6.45, 7) is 0.265. The highest BCUT2D eigenvalue weighted by Gasteiger charge is 2.14. The number of hydrogen-bond acceptors (Lipinski definition) is 5. The predicted molar refractivity (Wildman–Crippen MR) is 70.7 cm³/mol. The monoisotopic (exact) mass is 266 g/mol. The van der Waals surface area contributed by atoms with Gasteiger partial charge in [0.2, 0.25) is 6.79 Å². The lowest BCUT2D eigenvalue weighted by atomic mass is 10.1. The molecule has 0 N–H and O–H groups in total. The van der Waals surface area contributed by atoms with Crippen LogP contribution in [0, 0.1) is 0 Å². The first-order valence-electron chi connectivity index (χ1n) is 6.12. The fraction of sp³-hybridized carbons (Fsp3) is 0.0714. The maximum atomic E-state index is 5.38. The van der Waals surface area contributed by atoms with Crippen molar-refractivity contribution in [3.05, 3.63) is 49.1 Å². The van der Waals surface area contributed by atoms with Gasteiger partial charge < -0.3 is 9.47 Å². The fourth-order valence-electron chi connectivity index (χ4n) is 2.09. The number of nitrogens with zero attached hydrogens (tertiary/aromatic N) is 4. The molecule has 1 aliphatic heterocycles. The third kappa shape index (κ3) is 1.78. The highest BCUT2D eigenvalue weighted by Crippen LogP contribution is 2.35. The van der Waals surface area contributed by atoms with E-state index in [1.54, 1.807) is 10.9 Å². The van der Waals surface area contributed by atoms with Crippen molar-refractivity contribution >= 4 is 0 Å². The molecular formula is C14H10N4O2. The number of ether oxygens (including phenoxy) is 2. The number of rotatable bonds is 2. The molecule has 0 radical (unpaired) electrons. The Morgan fingerprint density at radius 2 is 2.00 bits per heavy atom. The van der Waals surface area contributed by atoms with E-state index in [9.17, 15) is 0 Å². The molecule has 0 atom stereocenters. The molecule has 4 rings (SSSR count). The third-order valence-electron chi connectivity index (χ3n) is 3.06. The van der Waals surface area contributed by atoms with E-state index < -0.39 is 0 Å². The minimum Gasteiger partial charge on any atom is -0.454 e. The van der Waals surface area contributed by atoms with E-state index in [4.69, 9.17) is 9.47 Å². The second-order valence-corrected chi connectivity index (χ2v) is 4.28. The normalized spacial score (nSPS) is 12.6. The van der Waals surface area contributed by atoms with Gasteiger partial charge in [0.1, 0.15) is 6.33 Å². The summed E-state index contributed by atoms with van der Waals surface area (Å²) in [5, 5.41) is 4.16. The van der Waals surface area contributed by atoms with E-state index in [2.05, 4.69) is 15.1 Å². The van der Waals surface area contributed by atoms with E-state index in [1.165, 1.54) is 6.33 Å². The van der Waals surface area contributed by atoms with Crippen LogP contribution in [-0.4, -0.2) is 26.5 Å². The Balaban J connectivity index is 1.77. The lowest BCUT2D eigenvalue weighted by Gasteiger charge is -2.05. The summed E-state index contributed by atoms with van der Waals surface area (Å²) in [7, 11) is 0. The minimum atomic E-state index is 0.265. The molecule has 0 bridgehead atoms. The molecule has 6 nitrogen and oxygen atoms in total. The van der Waals surface area contributed by atoms with Gasteiger partial charge in [0.15, 0.2) is 17.3 Å². The molecule has 0 saturated carbocycles. The van der Waals surface area contributed by atoms with Gasteiger partial charge in [0.25, 0.3) is 0 Å². The van der Waals surface area contributed by atoms with E-state index in [1.807, 2.05) is 36.5 Å². The van der Waals surface area contributed by atoms with Crippen LogP contribution in [0.1, 0.15) is 0 Å². The lowest BCUT2D eigenvalue weighted by molar-refractivity contribution is 0.174. The fourth-order valence-corrected chi connectivity index (χ4v) is 2.09. The van der Waals surface area contributed by atoms with E-state index in [0.717, 1.165) is 28.6 Å². The van der Waals surface area contributed by atoms with Gasteiger partial charge in [-0.3, -0.25) is 0 Å². The van der Waals surface area contributed by atoms with Gasteiger partial charge in [0, 0.05) is 24.0 Å². The van der Waals surface area contributed by atoms with Crippen LogP contribution in [0.5, 0.6) is 11.5 Å². The summed E-state index contributed by atoms with van der Waals surface area (Å²) >= 11 is 0. The van der Waals surface area contributed by atoms with Crippen molar-refractivity contribution in [2.24, 2.45) is 0 Å². The highest BCUT2D eigenvalue weighted by atomic mass is 16.7.